The van der Waals surface area contributed by atoms with Crippen molar-refractivity contribution in [3.8, 4) is 0 Å². The van der Waals surface area contributed by atoms with E-state index in [1.807, 2.05) is 24.3 Å². The number of rotatable bonds is 5. The molecule has 2 aromatic rings. The van der Waals surface area contributed by atoms with Gasteiger partial charge in [0.05, 0.1) is 6.20 Å². The highest BCUT2D eigenvalue weighted by atomic mass is 16.4. The number of nitrogens with one attached hydrogen (secondary N) is 1. The van der Waals surface area contributed by atoms with Gasteiger partial charge in [0.1, 0.15) is 0 Å². The summed E-state index contributed by atoms with van der Waals surface area (Å²) in [5.74, 6) is 0.406. The Morgan fingerprint density at radius 3 is 2.40 bits per heavy atom. The van der Waals surface area contributed by atoms with Crippen LogP contribution in [0.2, 0.25) is 0 Å². The molecule has 1 N–H and O–H groups in total. The van der Waals surface area contributed by atoms with Crippen molar-refractivity contribution in [1.82, 2.24) is 4.98 Å². The highest BCUT2D eigenvalue weighted by molar-refractivity contribution is 6.02. The van der Waals surface area contributed by atoms with E-state index in [1.54, 1.807) is 6.92 Å². The average molecular weight is 273 g/mol. The minimum atomic E-state index is -0.291. The molecule has 0 spiro atoms. The third kappa shape index (κ3) is 3.17. The van der Waals surface area contributed by atoms with E-state index in [4.69, 9.17) is 4.42 Å². The third-order valence-corrected chi connectivity index (χ3v) is 3.10. The predicted octanol–water partition coefficient (Wildman–Crippen LogP) is 3.08. The number of oxazole rings is 1. The summed E-state index contributed by atoms with van der Waals surface area (Å²) in [5.41, 5.74) is 1.88. The number of hydrogen-bond acceptors (Lipinski definition) is 4. The lowest BCUT2D eigenvalue weighted by Gasteiger charge is -2.21. The van der Waals surface area contributed by atoms with Crippen molar-refractivity contribution in [2.24, 2.45) is 0 Å². The van der Waals surface area contributed by atoms with E-state index in [1.165, 1.54) is 6.20 Å². The van der Waals surface area contributed by atoms with Gasteiger partial charge in [0.25, 0.3) is 5.91 Å². The molecule has 0 saturated heterocycles. The molecule has 1 aromatic carbocycles. The van der Waals surface area contributed by atoms with Crippen molar-refractivity contribution in [2.45, 2.75) is 20.8 Å². The maximum Gasteiger partial charge on any atom is 0.293 e. The molecule has 20 heavy (non-hydrogen) atoms. The lowest BCUT2D eigenvalue weighted by atomic mass is 10.2. The molecule has 0 bridgehead atoms. The molecule has 0 aliphatic carbocycles. The SMILES string of the molecule is CCN(CC)c1ccc(NC(=O)c2cnc(C)o2)cc1. The van der Waals surface area contributed by atoms with Crippen LogP contribution in [0, 0.1) is 6.92 Å². The van der Waals surface area contributed by atoms with Gasteiger partial charge in [-0.15, -0.1) is 0 Å². The summed E-state index contributed by atoms with van der Waals surface area (Å²) in [5, 5.41) is 2.78. The zero-order valence-electron chi connectivity index (χ0n) is 12.0. The summed E-state index contributed by atoms with van der Waals surface area (Å²) >= 11 is 0. The molecule has 0 atom stereocenters. The zero-order valence-corrected chi connectivity index (χ0v) is 12.0. The number of aromatic nitrogens is 1. The summed E-state index contributed by atoms with van der Waals surface area (Å²) in [7, 11) is 0. The fraction of sp³-hybridized carbons (Fsp3) is 0.333. The Morgan fingerprint density at radius 1 is 1.25 bits per heavy atom. The van der Waals surface area contributed by atoms with Gasteiger partial charge >= 0.3 is 0 Å². The summed E-state index contributed by atoms with van der Waals surface area (Å²) in [6.07, 6.45) is 1.43. The number of nitrogens with zero attached hydrogens (tertiary/aromatic N) is 2. The molecule has 1 amide bonds. The van der Waals surface area contributed by atoms with E-state index >= 15 is 0 Å². The molecule has 106 valence electrons. The van der Waals surface area contributed by atoms with E-state index in [0.29, 0.717) is 5.89 Å². The van der Waals surface area contributed by atoms with Crippen molar-refractivity contribution >= 4 is 17.3 Å². The number of aryl methyl sites for hydroxylation is 1. The number of anilines is 2. The van der Waals surface area contributed by atoms with Crippen LogP contribution in [0.4, 0.5) is 11.4 Å². The Hall–Kier alpha value is -2.30. The number of benzene rings is 1. The lowest BCUT2D eigenvalue weighted by Crippen LogP contribution is -2.21. The van der Waals surface area contributed by atoms with Crippen LogP contribution < -0.4 is 10.2 Å². The van der Waals surface area contributed by atoms with Gasteiger partial charge in [-0.1, -0.05) is 0 Å². The van der Waals surface area contributed by atoms with Crippen molar-refractivity contribution in [3.63, 3.8) is 0 Å². The second-order valence-electron chi connectivity index (χ2n) is 4.42. The van der Waals surface area contributed by atoms with Gasteiger partial charge in [0, 0.05) is 31.4 Å². The Kier molecular flexibility index (Phi) is 4.40. The van der Waals surface area contributed by atoms with Crippen LogP contribution in [0.15, 0.2) is 34.9 Å². The highest BCUT2D eigenvalue weighted by Crippen LogP contribution is 2.18. The van der Waals surface area contributed by atoms with Crippen LogP contribution in [0.25, 0.3) is 0 Å². The topological polar surface area (TPSA) is 58.4 Å². The average Bonchev–Trinajstić information content (AvgIpc) is 2.89. The largest absolute Gasteiger partial charge is 0.436 e. The molecular formula is C15H19N3O2. The molecule has 0 saturated carbocycles. The van der Waals surface area contributed by atoms with E-state index in [-0.39, 0.29) is 11.7 Å². The highest BCUT2D eigenvalue weighted by Gasteiger charge is 2.11. The van der Waals surface area contributed by atoms with Gasteiger partial charge in [0.15, 0.2) is 5.89 Å². The number of amides is 1. The first kappa shape index (κ1) is 14.1. The molecule has 2 rings (SSSR count). The van der Waals surface area contributed by atoms with E-state index in [0.717, 1.165) is 24.5 Å². The van der Waals surface area contributed by atoms with Crippen molar-refractivity contribution in [2.75, 3.05) is 23.3 Å². The molecule has 5 heteroatoms. The summed E-state index contributed by atoms with van der Waals surface area (Å²) < 4.78 is 5.18. The van der Waals surface area contributed by atoms with E-state index < -0.39 is 0 Å². The Morgan fingerprint density at radius 2 is 1.90 bits per heavy atom. The van der Waals surface area contributed by atoms with Gasteiger partial charge in [0.2, 0.25) is 5.76 Å². The molecule has 1 aromatic heterocycles. The monoisotopic (exact) mass is 273 g/mol. The fourth-order valence-electron chi connectivity index (χ4n) is 2.00. The first-order valence-corrected chi connectivity index (χ1v) is 6.72. The van der Waals surface area contributed by atoms with Crippen LogP contribution in [0.3, 0.4) is 0 Å². The molecule has 0 aliphatic heterocycles. The molecular weight excluding hydrogens is 254 g/mol. The van der Waals surface area contributed by atoms with Crippen molar-refractivity contribution < 1.29 is 9.21 Å². The summed E-state index contributed by atoms with van der Waals surface area (Å²) in [4.78, 5) is 18.0. The van der Waals surface area contributed by atoms with Crippen LogP contribution in [0.5, 0.6) is 0 Å². The normalized spacial score (nSPS) is 10.3. The summed E-state index contributed by atoms with van der Waals surface area (Å²) in [6.45, 7) is 7.85. The maximum absolute atomic E-state index is 11.9. The molecule has 1 heterocycles. The van der Waals surface area contributed by atoms with Crippen LogP contribution >= 0.6 is 0 Å². The van der Waals surface area contributed by atoms with Gasteiger partial charge in [-0.25, -0.2) is 4.98 Å². The van der Waals surface area contributed by atoms with Gasteiger partial charge < -0.3 is 14.6 Å². The number of hydrogen-bond donors (Lipinski definition) is 1. The number of carbonyl (C=O) groups excluding carboxylic acids is 1. The predicted molar refractivity (Wildman–Crippen MR) is 79.2 cm³/mol. The molecule has 0 aliphatic rings. The molecule has 5 nitrogen and oxygen atoms in total. The van der Waals surface area contributed by atoms with Crippen molar-refractivity contribution in [3.05, 3.63) is 42.1 Å². The Balaban J connectivity index is 2.05. The van der Waals surface area contributed by atoms with E-state index in [2.05, 4.69) is 29.0 Å². The second kappa shape index (κ2) is 6.23. The van der Waals surface area contributed by atoms with Gasteiger partial charge in [-0.05, 0) is 38.1 Å². The Bertz CT molecular complexity index is 571. The second-order valence-corrected chi connectivity index (χ2v) is 4.42. The molecule has 0 fully saturated rings. The number of carbonyl (C=O) groups is 1. The molecule has 0 unspecified atom stereocenters. The molecule has 0 radical (unpaired) electrons. The zero-order chi connectivity index (χ0) is 14.5. The van der Waals surface area contributed by atoms with Crippen LogP contribution in [0.1, 0.15) is 30.3 Å². The van der Waals surface area contributed by atoms with Crippen molar-refractivity contribution in [1.29, 1.82) is 0 Å². The van der Waals surface area contributed by atoms with E-state index in [9.17, 15) is 4.79 Å². The van der Waals surface area contributed by atoms with Crippen LogP contribution in [-0.4, -0.2) is 24.0 Å². The minimum Gasteiger partial charge on any atom is -0.436 e. The first-order valence-electron chi connectivity index (χ1n) is 6.72. The standard InChI is InChI=1S/C15H19N3O2/c1-4-18(5-2)13-8-6-12(7-9-13)17-15(19)14-10-16-11(3)20-14/h6-10H,4-5H2,1-3H3,(H,17,19). The third-order valence-electron chi connectivity index (χ3n) is 3.10. The lowest BCUT2D eigenvalue weighted by molar-refractivity contribution is 0.0995. The summed E-state index contributed by atoms with van der Waals surface area (Å²) in [6, 6.07) is 7.76. The van der Waals surface area contributed by atoms with Gasteiger partial charge in [-0.3, -0.25) is 4.79 Å². The van der Waals surface area contributed by atoms with Crippen LogP contribution in [-0.2, 0) is 0 Å². The Labute approximate surface area is 118 Å². The van der Waals surface area contributed by atoms with Gasteiger partial charge in [-0.2, -0.15) is 0 Å². The first-order chi connectivity index (χ1) is 9.63. The fourth-order valence-corrected chi connectivity index (χ4v) is 2.00. The quantitative estimate of drug-likeness (QED) is 0.909. The minimum absolute atomic E-state index is 0.218. The smallest absolute Gasteiger partial charge is 0.293 e. The maximum atomic E-state index is 11.9.